The number of nitrogens with one attached hydrogen (secondary N) is 1. The topological polar surface area (TPSA) is 32.3 Å². The maximum Gasteiger partial charge on any atom is 0.0693 e. The van der Waals surface area contributed by atoms with Gasteiger partial charge in [0.25, 0.3) is 0 Å². The van der Waals surface area contributed by atoms with E-state index in [-0.39, 0.29) is 6.10 Å². The van der Waals surface area contributed by atoms with Crippen molar-refractivity contribution >= 4 is 0 Å². The van der Waals surface area contributed by atoms with Gasteiger partial charge in [0, 0.05) is 12.1 Å². The monoisotopic (exact) mass is 225 g/mol. The van der Waals surface area contributed by atoms with E-state index in [0.717, 1.165) is 18.3 Å². The van der Waals surface area contributed by atoms with Gasteiger partial charge in [-0.25, -0.2) is 0 Å². The van der Waals surface area contributed by atoms with Crippen molar-refractivity contribution in [3.8, 4) is 0 Å². The summed E-state index contributed by atoms with van der Waals surface area (Å²) in [6, 6.07) is 1.03. The van der Waals surface area contributed by atoms with Crippen LogP contribution in [0.1, 0.15) is 58.8 Å². The average molecular weight is 225 g/mol. The smallest absolute Gasteiger partial charge is 0.0693 e. The summed E-state index contributed by atoms with van der Waals surface area (Å²) < 4.78 is 0. The minimum atomic E-state index is -0.0941. The molecule has 2 N–H and O–H groups in total. The molecule has 0 amide bonds. The zero-order valence-electron chi connectivity index (χ0n) is 10.8. The maximum absolute atomic E-state index is 9.95. The van der Waals surface area contributed by atoms with Crippen LogP contribution in [0.4, 0.5) is 0 Å². The van der Waals surface area contributed by atoms with E-state index in [0.29, 0.717) is 12.1 Å². The second-order valence-corrected chi connectivity index (χ2v) is 6.09. The highest BCUT2D eigenvalue weighted by molar-refractivity contribution is 4.87. The second-order valence-electron chi connectivity index (χ2n) is 6.09. The van der Waals surface area contributed by atoms with Gasteiger partial charge in [-0.15, -0.1) is 0 Å². The van der Waals surface area contributed by atoms with Crippen LogP contribution >= 0.6 is 0 Å². The first-order chi connectivity index (χ1) is 7.66. The standard InChI is InChI=1S/C14H27NO/c1-10-7-8-12(9-11(10)2)15-13-5-3-4-6-14(13)16/h10-16H,3-9H2,1-2H3. The van der Waals surface area contributed by atoms with Crippen molar-refractivity contribution in [3.63, 3.8) is 0 Å². The molecule has 94 valence electrons. The van der Waals surface area contributed by atoms with Gasteiger partial charge in [-0.3, -0.25) is 0 Å². The fraction of sp³-hybridized carbons (Fsp3) is 1.00. The molecule has 0 aromatic carbocycles. The number of hydrogen-bond acceptors (Lipinski definition) is 2. The molecule has 2 heteroatoms. The van der Waals surface area contributed by atoms with Crippen molar-refractivity contribution < 1.29 is 5.11 Å². The van der Waals surface area contributed by atoms with Crippen LogP contribution in [0.3, 0.4) is 0 Å². The Hall–Kier alpha value is -0.0800. The highest BCUT2D eigenvalue weighted by Crippen LogP contribution is 2.30. The third kappa shape index (κ3) is 2.98. The molecule has 2 aliphatic rings. The lowest BCUT2D eigenvalue weighted by Crippen LogP contribution is -2.48. The van der Waals surface area contributed by atoms with E-state index in [2.05, 4.69) is 19.2 Å². The summed E-state index contributed by atoms with van der Waals surface area (Å²) in [7, 11) is 0. The highest BCUT2D eigenvalue weighted by Gasteiger charge is 2.29. The van der Waals surface area contributed by atoms with Crippen molar-refractivity contribution in [1.82, 2.24) is 5.32 Å². The Bertz CT molecular complexity index is 219. The summed E-state index contributed by atoms with van der Waals surface area (Å²) in [5.74, 6) is 1.72. The molecule has 0 radical (unpaired) electrons. The van der Waals surface area contributed by atoms with E-state index >= 15 is 0 Å². The van der Waals surface area contributed by atoms with Crippen LogP contribution < -0.4 is 5.32 Å². The van der Waals surface area contributed by atoms with Gasteiger partial charge in [0.15, 0.2) is 0 Å². The molecule has 2 nitrogen and oxygen atoms in total. The number of aliphatic hydroxyl groups is 1. The fourth-order valence-electron chi connectivity index (χ4n) is 3.31. The van der Waals surface area contributed by atoms with Gasteiger partial charge in [-0.1, -0.05) is 26.7 Å². The minimum Gasteiger partial charge on any atom is -0.392 e. The lowest BCUT2D eigenvalue weighted by Gasteiger charge is -2.37. The molecule has 0 saturated heterocycles. The third-order valence-electron chi connectivity index (χ3n) is 4.78. The van der Waals surface area contributed by atoms with E-state index in [1.54, 1.807) is 0 Å². The van der Waals surface area contributed by atoms with Crippen molar-refractivity contribution in [3.05, 3.63) is 0 Å². The minimum absolute atomic E-state index is 0.0941. The van der Waals surface area contributed by atoms with Crippen molar-refractivity contribution in [2.24, 2.45) is 11.8 Å². The van der Waals surface area contributed by atoms with Crippen molar-refractivity contribution in [2.75, 3.05) is 0 Å². The van der Waals surface area contributed by atoms with Crippen molar-refractivity contribution in [1.29, 1.82) is 0 Å². The first-order valence-corrected chi connectivity index (χ1v) is 7.11. The molecule has 2 rings (SSSR count). The number of hydrogen-bond donors (Lipinski definition) is 2. The lowest BCUT2D eigenvalue weighted by molar-refractivity contribution is 0.0761. The molecule has 0 spiro atoms. The summed E-state index contributed by atoms with van der Waals surface area (Å²) in [5, 5.41) is 13.7. The molecule has 0 heterocycles. The summed E-state index contributed by atoms with van der Waals surface area (Å²) in [5.41, 5.74) is 0. The molecule has 0 aromatic rings. The van der Waals surface area contributed by atoms with Crippen LogP contribution in [-0.2, 0) is 0 Å². The molecule has 5 atom stereocenters. The van der Waals surface area contributed by atoms with Gasteiger partial charge < -0.3 is 10.4 Å². The zero-order chi connectivity index (χ0) is 11.5. The summed E-state index contributed by atoms with van der Waals surface area (Å²) in [4.78, 5) is 0. The Morgan fingerprint density at radius 1 is 0.938 bits per heavy atom. The van der Waals surface area contributed by atoms with Gasteiger partial charge in [0.1, 0.15) is 0 Å². The Morgan fingerprint density at radius 2 is 1.69 bits per heavy atom. The van der Waals surface area contributed by atoms with Gasteiger partial charge in [-0.2, -0.15) is 0 Å². The Balaban J connectivity index is 1.80. The van der Waals surface area contributed by atoms with E-state index in [1.165, 1.54) is 38.5 Å². The van der Waals surface area contributed by atoms with E-state index in [1.807, 2.05) is 0 Å². The van der Waals surface area contributed by atoms with E-state index < -0.39 is 0 Å². The van der Waals surface area contributed by atoms with Crippen LogP contribution in [0.15, 0.2) is 0 Å². The molecular weight excluding hydrogens is 198 g/mol. The average Bonchev–Trinajstić information content (AvgIpc) is 2.27. The predicted molar refractivity (Wildman–Crippen MR) is 67.4 cm³/mol. The second kappa shape index (κ2) is 5.50. The van der Waals surface area contributed by atoms with Gasteiger partial charge in [0.05, 0.1) is 6.10 Å². The highest BCUT2D eigenvalue weighted by atomic mass is 16.3. The van der Waals surface area contributed by atoms with Crippen LogP contribution in [-0.4, -0.2) is 23.3 Å². The summed E-state index contributed by atoms with van der Waals surface area (Å²) in [6.45, 7) is 4.74. The van der Waals surface area contributed by atoms with Crippen LogP contribution in [0.2, 0.25) is 0 Å². The lowest BCUT2D eigenvalue weighted by atomic mass is 9.78. The summed E-state index contributed by atoms with van der Waals surface area (Å²) >= 11 is 0. The number of rotatable bonds is 2. The summed E-state index contributed by atoms with van der Waals surface area (Å²) in [6.07, 6.45) is 8.51. The molecule has 5 unspecified atom stereocenters. The third-order valence-corrected chi connectivity index (χ3v) is 4.78. The SMILES string of the molecule is CC1CCC(NC2CCCCC2O)CC1C. The van der Waals surface area contributed by atoms with Crippen LogP contribution in [0, 0.1) is 11.8 Å². The largest absolute Gasteiger partial charge is 0.392 e. The first-order valence-electron chi connectivity index (χ1n) is 7.11. The number of aliphatic hydroxyl groups excluding tert-OH is 1. The Morgan fingerprint density at radius 3 is 2.38 bits per heavy atom. The molecule has 2 fully saturated rings. The van der Waals surface area contributed by atoms with E-state index in [4.69, 9.17) is 0 Å². The first kappa shape index (κ1) is 12.4. The molecule has 0 bridgehead atoms. The van der Waals surface area contributed by atoms with Gasteiger partial charge >= 0.3 is 0 Å². The van der Waals surface area contributed by atoms with E-state index in [9.17, 15) is 5.11 Å². The molecular formula is C14H27NO. The molecule has 2 aliphatic carbocycles. The quantitative estimate of drug-likeness (QED) is 0.757. The molecule has 16 heavy (non-hydrogen) atoms. The van der Waals surface area contributed by atoms with Crippen LogP contribution in [0.25, 0.3) is 0 Å². The Labute approximate surface area is 99.8 Å². The molecule has 2 saturated carbocycles. The van der Waals surface area contributed by atoms with Gasteiger partial charge in [-0.05, 0) is 43.9 Å². The predicted octanol–water partition coefficient (Wildman–Crippen LogP) is 2.70. The normalized spacial score (nSPS) is 45.6. The van der Waals surface area contributed by atoms with Gasteiger partial charge in [0.2, 0.25) is 0 Å². The fourth-order valence-corrected chi connectivity index (χ4v) is 3.31. The Kier molecular flexibility index (Phi) is 4.26. The molecule has 0 aliphatic heterocycles. The molecule has 0 aromatic heterocycles. The maximum atomic E-state index is 9.95. The zero-order valence-corrected chi connectivity index (χ0v) is 10.8. The van der Waals surface area contributed by atoms with Crippen molar-refractivity contribution in [2.45, 2.75) is 77.0 Å². The van der Waals surface area contributed by atoms with Crippen LogP contribution in [0.5, 0.6) is 0 Å².